The number of aliphatic carboxylic acids is 1. The Morgan fingerprint density at radius 1 is 1.15 bits per heavy atom. The smallest absolute Gasteiger partial charge is 0.329 e. The highest BCUT2D eigenvalue weighted by molar-refractivity contribution is 5.76. The summed E-state index contributed by atoms with van der Waals surface area (Å²) in [5, 5.41) is 13.8. The number of nitrogens with one attached hydrogen (secondary N) is 2. The summed E-state index contributed by atoms with van der Waals surface area (Å²) in [6.07, 6.45) is 4.49. The zero-order chi connectivity index (χ0) is 14.4. The van der Waals surface area contributed by atoms with Crippen LogP contribution in [0, 0.1) is 0 Å². The van der Waals surface area contributed by atoms with E-state index in [1.54, 1.807) is 5.01 Å². The van der Waals surface area contributed by atoms with Crippen molar-refractivity contribution in [2.24, 2.45) is 0 Å². The van der Waals surface area contributed by atoms with Gasteiger partial charge >= 0.3 is 12.0 Å². The van der Waals surface area contributed by atoms with Crippen LogP contribution in [0.3, 0.4) is 0 Å². The normalized spacial score (nSPS) is 23.0. The number of amides is 2. The van der Waals surface area contributed by atoms with Crippen LogP contribution >= 0.6 is 0 Å². The molecule has 0 spiro atoms. The number of carboxylic acid groups (broad SMARTS) is 1. The Kier molecular flexibility index (Phi) is 5.19. The minimum atomic E-state index is -0.862. The number of carbonyl (C=O) groups is 2. The van der Waals surface area contributed by atoms with Gasteiger partial charge in [-0.2, -0.15) is 0 Å². The Labute approximate surface area is 118 Å². The lowest BCUT2D eigenvalue weighted by Crippen LogP contribution is -2.58. The molecule has 114 valence electrons. The third kappa shape index (κ3) is 4.35. The molecular formula is C13H23N3O4. The van der Waals surface area contributed by atoms with Crippen LogP contribution in [-0.2, 0) is 9.53 Å². The molecule has 0 radical (unpaired) electrons. The molecule has 7 heteroatoms. The first-order chi connectivity index (χ1) is 9.60. The zero-order valence-electron chi connectivity index (χ0n) is 11.7. The van der Waals surface area contributed by atoms with Crippen LogP contribution in [-0.4, -0.2) is 54.0 Å². The molecule has 2 amide bonds. The SMILES string of the molecule is O=C(O)CC1(NC(=O)NN2CCOCC2)CCCCC1. The Morgan fingerprint density at radius 2 is 1.80 bits per heavy atom. The average Bonchev–Trinajstić information content (AvgIpc) is 2.39. The van der Waals surface area contributed by atoms with E-state index in [2.05, 4.69) is 10.7 Å². The van der Waals surface area contributed by atoms with Gasteiger partial charge in [0.05, 0.1) is 25.2 Å². The summed E-state index contributed by atoms with van der Waals surface area (Å²) < 4.78 is 5.21. The molecule has 0 atom stereocenters. The molecule has 1 saturated carbocycles. The number of nitrogens with zero attached hydrogens (tertiary/aromatic N) is 1. The van der Waals surface area contributed by atoms with E-state index in [1.807, 2.05) is 0 Å². The van der Waals surface area contributed by atoms with E-state index in [-0.39, 0.29) is 12.5 Å². The van der Waals surface area contributed by atoms with Gasteiger partial charge in [0.1, 0.15) is 0 Å². The number of ether oxygens (including phenoxy) is 1. The molecule has 0 aromatic carbocycles. The number of carbonyl (C=O) groups excluding carboxylic acids is 1. The predicted molar refractivity (Wildman–Crippen MR) is 72.1 cm³/mol. The minimum Gasteiger partial charge on any atom is -0.481 e. The summed E-state index contributed by atoms with van der Waals surface area (Å²) in [6.45, 7) is 2.50. The van der Waals surface area contributed by atoms with Gasteiger partial charge in [-0.05, 0) is 12.8 Å². The Balaban J connectivity index is 1.89. The molecule has 1 aliphatic heterocycles. The third-order valence-electron chi connectivity index (χ3n) is 3.95. The van der Waals surface area contributed by atoms with Crippen molar-refractivity contribution in [2.45, 2.75) is 44.1 Å². The van der Waals surface area contributed by atoms with E-state index >= 15 is 0 Å². The number of carboxylic acids is 1. The van der Waals surface area contributed by atoms with Crippen LogP contribution in [0.25, 0.3) is 0 Å². The van der Waals surface area contributed by atoms with Gasteiger partial charge in [0, 0.05) is 13.1 Å². The molecule has 2 aliphatic rings. The number of urea groups is 1. The maximum absolute atomic E-state index is 12.1. The third-order valence-corrected chi connectivity index (χ3v) is 3.95. The van der Waals surface area contributed by atoms with E-state index in [4.69, 9.17) is 9.84 Å². The fourth-order valence-corrected chi connectivity index (χ4v) is 2.95. The molecule has 20 heavy (non-hydrogen) atoms. The number of rotatable bonds is 4. The minimum absolute atomic E-state index is 0.0104. The standard InChI is InChI=1S/C13H23N3O4/c17-11(18)10-13(4-2-1-3-5-13)14-12(19)15-16-6-8-20-9-7-16/h1-10H2,(H,17,18)(H2,14,15,19). The van der Waals surface area contributed by atoms with Gasteiger partial charge in [0.25, 0.3) is 0 Å². The van der Waals surface area contributed by atoms with Gasteiger partial charge in [-0.15, -0.1) is 0 Å². The van der Waals surface area contributed by atoms with Gasteiger partial charge in [-0.3, -0.25) is 10.2 Å². The summed E-state index contributed by atoms with van der Waals surface area (Å²) in [6, 6.07) is -0.310. The number of hydrazine groups is 1. The molecule has 1 heterocycles. The number of morpholine rings is 1. The van der Waals surface area contributed by atoms with Crippen LogP contribution in [0.5, 0.6) is 0 Å². The first-order valence-corrected chi connectivity index (χ1v) is 7.23. The average molecular weight is 285 g/mol. The van der Waals surface area contributed by atoms with E-state index in [0.29, 0.717) is 26.3 Å². The first kappa shape index (κ1) is 15.1. The zero-order valence-corrected chi connectivity index (χ0v) is 11.7. The van der Waals surface area contributed by atoms with Crippen molar-refractivity contribution < 1.29 is 19.4 Å². The summed E-state index contributed by atoms with van der Waals surface area (Å²) in [7, 11) is 0. The Bertz CT molecular complexity index is 350. The highest BCUT2D eigenvalue weighted by Crippen LogP contribution is 2.31. The van der Waals surface area contributed by atoms with Crippen LogP contribution in [0.15, 0.2) is 0 Å². The molecule has 3 N–H and O–H groups in total. The van der Waals surface area contributed by atoms with Crippen molar-refractivity contribution in [1.82, 2.24) is 15.8 Å². The highest BCUT2D eigenvalue weighted by atomic mass is 16.5. The summed E-state index contributed by atoms with van der Waals surface area (Å²) >= 11 is 0. The largest absolute Gasteiger partial charge is 0.481 e. The van der Waals surface area contributed by atoms with E-state index in [9.17, 15) is 9.59 Å². The predicted octanol–water partition coefficient (Wildman–Crippen LogP) is 0.710. The second-order valence-electron chi connectivity index (χ2n) is 5.58. The summed E-state index contributed by atoms with van der Waals surface area (Å²) in [5.41, 5.74) is 2.18. The monoisotopic (exact) mass is 285 g/mol. The molecule has 2 fully saturated rings. The van der Waals surface area contributed by atoms with Gasteiger partial charge in [0.15, 0.2) is 0 Å². The molecule has 0 aromatic heterocycles. The topological polar surface area (TPSA) is 90.9 Å². The second kappa shape index (κ2) is 6.90. The fraction of sp³-hybridized carbons (Fsp3) is 0.846. The fourth-order valence-electron chi connectivity index (χ4n) is 2.95. The van der Waals surface area contributed by atoms with Crippen LogP contribution in [0.2, 0.25) is 0 Å². The van der Waals surface area contributed by atoms with Crippen LogP contribution < -0.4 is 10.7 Å². The lowest BCUT2D eigenvalue weighted by molar-refractivity contribution is -0.139. The quantitative estimate of drug-likeness (QED) is 0.707. The lowest BCUT2D eigenvalue weighted by atomic mass is 9.79. The second-order valence-corrected chi connectivity index (χ2v) is 5.58. The van der Waals surface area contributed by atoms with E-state index in [0.717, 1.165) is 32.1 Å². The Hall–Kier alpha value is -1.34. The van der Waals surface area contributed by atoms with E-state index < -0.39 is 11.5 Å². The molecule has 0 unspecified atom stereocenters. The number of hydrogen-bond acceptors (Lipinski definition) is 4. The summed E-state index contributed by atoms with van der Waals surface area (Å²) in [4.78, 5) is 23.1. The molecule has 2 rings (SSSR count). The molecule has 1 saturated heterocycles. The van der Waals surface area contributed by atoms with Gasteiger partial charge < -0.3 is 15.2 Å². The van der Waals surface area contributed by atoms with Crippen molar-refractivity contribution in [3.63, 3.8) is 0 Å². The molecule has 1 aliphatic carbocycles. The van der Waals surface area contributed by atoms with Gasteiger partial charge in [0.2, 0.25) is 0 Å². The molecular weight excluding hydrogens is 262 g/mol. The molecule has 0 bridgehead atoms. The number of hydrogen-bond donors (Lipinski definition) is 3. The maximum Gasteiger partial charge on any atom is 0.329 e. The van der Waals surface area contributed by atoms with E-state index in [1.165, 1.54) is 0 Å². The van der Waals surface area contributed by atoms with Crippen molar-refractivity contribution in [3.05, 3.63) is 0 Å². The van der Waals surface area contributed by atoms with Crippen LogP contribution in [0.1, 0.15) is 38.5 Å². The molecule has 0 aromatic rings. The summed E-state index contributed by atoms with van der Waals surface area (Å²) in [5.74, 6) is -0.862. The van der Waals surface area contributed by atoms with Crippen molar-refractivity contribution >= 4 is 12.0 Å². The van der Waals surface area contributed by atoms with Crippen molar-refractivity contribution in [3.8, 4) is 0 Å². The van der Waals surface area contributed by atoms with Gasteiger partial charge in [-0.1, -0.05) is 19.3 Å². The van der Waals surface area contributed by atoms with Crippen molar-refractivity contribution in [2.75, 3.05) is 26.3 Å². The highest BCUT2D eigenvalue weighted by Gasteiger charge is 2.36. The first-order valence-electron chi connectivity index (χ1n) is 7.23. The van der Waals surface area contributed by atoms with Gasteiger partial charge in [-0.25, -0.2) is 9.80 Å². The Morgan fingerprint density at radius 3 is 2.40 bits per heavy atom. The van der Waals surface area contributed by atoms with Crippen LogP contribution in [0.4, 0.5) is 4.79 Å². The molecule has 7 nitrogen and oxygen atoms in total. The van der Waals surface area contributed by atoms with Crippen molar-refractivity contribution in [1.29, 1.82) is 0 Å². The maximum atomic E-state index is 12.1. The lowest BCUT2D eigenvalue weighted by Gasteiger charge is -2.38.